The van der Waals surface area contributed by atoms with Gasteiger partial charge in [-0.05, 0) is 37.1 Å². The number of non-ortho nitro benzene ring substituents is 1. The van der Waals surface area contributed by atoms with Crippen LogP contribution in [0.3, 0.4) is 0 Å². The summed E-state index contributed by atoms with van der Waals surface area (Å²) in [6.45, 7) is 1.56. The van der Waals surface area contributed by atoms with E-state index in [0.717, 1.165) is 30.8 Å². The van der Waals surface area contributed by atoms with Crippen molar-refractivity contribution in [1.82, 2.24) is 5.32 Å². The molecule has 4 rings (SSSR count). The number of hydrogen-bond acceptors (Lipinski definition) is 6. The molecular weight excluding hydrogens is 388 g/mol. The molecule has 2 saturated heterocycles. The standard InChI is InChI=1S/C21H18N4O5/c26-19-17(20(27)24(21(28)22-19)15-6-2-1-3-7-15)13-14-12-16(25(29)30)8-9-18(14)23-10-4-5-11-23/h1-3,6-9,12-13H,4-5,10-11H2,(H,22,26,28). The van der Waals surface area contributed by atoms with E-state index < -0.39 is 22.8 Å². The molecule has 2 fully saturated rings. The second-order valence-electron chi connectivity index (χ2n) is 6.99. The van der Waals surface area contributed by atoms with Crippen molar-refractivity contribution in [1.29, 1.82) is 0 Å². The molecule has 2 aliphatic rings. The van der Waals surface area contributed by atoms with Crippen LogP contribution >= 0.6 is 0 Å². The van der Waals surface area contributed by atoms with Gasteiger partial charge in [0.1, 0.15) is 5.57 Å². The Balaban J connectivity index is 1.80. The first-order chi connectivity index (χ1) is 14.5. The van der Waals surface area contributed by atoms with Crippen LogP contribution in [0.15, 0.2) is 54.1 Å². The molecule has 4 amide bonds. The Kier molecular flexibility index (Phi) is 5.01. The van der Waals surface area contributed by atoms with E-state index in [1.807, 2.05) is 0 Å². The number of anilines is 2. The number of carbonyl (C=O) groups is 3. The van der Waals surface area contributed by atoms with Crippen LogP contribution in [0.4, 0.5) is 21.9 Å². The highest BCUT2D eigenvalue weighted by molar-refractivity contribution is 6.39. The molecule has 0 radical (unpaired) electrons. The van der Waals surface area contributed by atoms with Crippen molar-refractivity contribution in [2.45, 2.75) is 12.8 Å². The lowest BCUT2D eigenvalue weighted by Gasteiger charge is -2.27. The summed E-state index contributed by atoms with van der Waals surface area (Å²) in [5, 5.41) is 13.4. The van der Waals surface area contributed by atoms with Crippen molar-refractivity contribution < 1.29 is 19.3 Å². The molecule has 0 spiro atoms. The molecule has 0 aromatic heterocycles. The minimum atomic E-state index is -0.841. The van der Waals surface area contributed by atoms with E-state index in [0.29, 0.717) is 16.9 Å². The summed E-state index contributed by atoms with van der Waals surface area (Å²) in [6, 6.07) is 11.8. The highest BCUT2D eigenvalue weighted by atomic mass is 16.6. The number of nitro benzene ring substituents is 1. The van der Waals surface area contributed by atoms with E-state index in [4.69, 9.17) is 0 Å². The predicted molar refractivity (Wildman–Crippen MR) is 110 cm³/mol. The van der Waals surface area contributed by atoms with Gasteiger partial charge in [-0.3, -0.25) is 25.0 Å². The molecule has 2 aromatic carbocycles. The summed E-state index contributed by atoms with van der Waals surface area (Å²) in [4.78, 5) is 51.4. The van der Waals surface area contributed by atoms with Crippen molar-refractivity contribution in [3.63, 3.8) is 0 Å². The number of barbiturate groups is 1. The number of urea groups is 1. The van der Waals surface area contributed by atoms with Crippen LogP contribution in [0.2, 0.25) is 0 Å². The maximum Gasteiger partial charge on any atom is 0.335 e. The summed E-state index contributed by atoms with van der Waals surface area (Å²) in [6.07, 6.45) is 3.30. The summed E-state index contributed by atoms with van der Waals surface area (Å²) in [7, 11) is 0. The van der Waals surface area contributed by atoms with Gasteiger partial charge in [0.15, 0.2) is 0 Å². The lowest BCUT2D eigenvalue weighted by atomic mass is 10.0. The van der Waals surface area contributed by atoms with E-state index in [9.17, 15) is 24.5 Å². The first-order valence-corrected chi connectivity index (χ1v) is 9.45. The minimum Gasteiger partial charge on any atom is -0.371 e. The fourth-order valence-corrected chi connectivity index (χ4v) is 3.64. The van der Waals surface area contributed by atoms with Crippen LogP contribution in [0, 0.1) is 10.1 Å². The van der Waals surface area contributed by atoms with Gasteiger partial charge in [0.2, 0.25) is 0 Å². The summed E-state index contributed by atoms with van der Waals surface area (Å²) in [5.74, 6) is -1.62. The van der Waals surface area contributed by atoms with Gasteiger partial charge in [-0.15, -0.1) is 0 Å². The van der Waals surface area contributed by atoms with Gasteiger partial charge < -0.3 is 4.90 Å². The molecule has 2 aromatic rings. The Labute approximate surface area is 171 Å². The molecule has 0 unspecified atom stereocenters. The summed E-state index contributed by atoms with van der Waals surface area (Å²) >= 11 is 0. The van der Waals surface area contributed by atoms with Crippen LogP contribution in [0.1, 0.15) is 18.4 Å². The molecular formula is C21H18N4O5. The van der Waals surface area contributed by atoms with E-state index in [-0.39, 0.29) is 11.3 Å². The topological polar surface area (TPSA) is 113 Å². The number of carbonyl (C=O) groups excluding carboxylic acids is 3. The van der Waals surface area contributed by atoms with Gasteiger partial charge in [0, 0.05) is 36.5 Å². The predicted octanol–water partition coefficient (Wildman–Crippen LogP) is 2.86. The Morgan fingerprint density at radius 3 is 2.37 bits per heavy atom. The van der Waals surface area contributed by atoms with Gasteiger partial charge in [0.25, 0.3) is 17.5 Å². The van der Waals surface area contributed by atoms with Crippen LogP contribution < -0.4 is 15.1 Å². The Hall–Kier alpha value is -4.01. The molecule has 152 valence electrons. The monoisotopic (exact) mass is 406 g/mol. The highest BCUT2D eigenvalue weighted by Crippen LogP contribution is 2.31. The van der Waals surface area contributed by atoms with E-state index in [1.165, 1.54) is 18.2 Å². The van der Waals surface area contributed by atoms with Gasteiger partial charge >= 0.3 is 6.03 Å². The zero-order valence-electron chi connectivity index (χ0n) is 15.9. The van der Waals surface area contributed by atoms with Crippen molar-refractivity contribution in [2.24, 2.45) is 0 Å². The number of benzene rings is 2. The van der Waals surface area contributed by atoms with Crippen molar-refractivity contribution in [2.75, 3.05) is 22.9 Å². The molecule has 9 nitrogen and oxygen atoms in total. The Morgan fingerprint density at radius 2 is 1.70 bits per heavy atom. The number of hydrogen-bond donors (Lipinski definition) is 1. The quantitative estimate of drug-likeness (QED) is 0.362. The highest BCUT2D eigenvalue weighted by Gasteiger charge is 2.37. The number of nitrogens with zero attached hydrogens (tertiary/aromatic N) is 3. The Bertz CT molecular complexity index is 1070. The largest absolute Gasteiger partial charge is 0.371 e. The molecule has 0 aliphatic carbocycles. The zero-order valence-corrected chi connectivity index (χ0v) is 15.9. The Morgan fingerprint density at radius 1 is 1.00 bits per heavy atom. The lowest BCUT2D eigenvalue weighted by molar-refractivity contribution is -0.384. The normalized spacial score (nSPS) is 18.1. The van der Waals surface area contributed by atoms with Gasteiger partial charge in [-0.25, -0.2) is 9.69 Å². The molecule has 30 heavy (non-hydrogen) atoms. The van der Waals surface area contributed by atoms with Crippen molar-refractivity contribution in [3.8, 4) is 0 Å². The van der Waals surface area contributed by atoms with Crippen LogP contribution in [-0.2, 0) is 9.59 Å². The van der Waals surface area contributed by atoms with E-state index >= 15 is 0 Å². The number of para-hydroxylation sites is 1. The molecule has 0 saturated carbocycles. The maximum atomic E-state index is 13.0. The van der Waals surface area contributed by atoms with E-state index in [1.54, 1.807) is 36.4 Å². The third kappa shape index (κ3) is 3.52. The van der Waals surface area contributed by atoms with Gasteiger partial charge in [-0.2, -0.15) is 0 Å². The third-order valence-electron chi connectivity index (χ3n) is 5.08. The molecule has 2 aliphatic heterocycles. The fourth-order valence-electron chi connectivity index (χ4n) is 3.64. The zero-order chi connectivity index (χ0) is 21.3. The molecule has 1 N–H and O–H groups in total. The first-order valence-electron chi connectivity index (χ1n) is 9.45. The van der Waals surface area contributed by atoms with Gasteiger partial charge in [-0.1, -0.05) is 18.2 Å². The molecule has 2 heterocycles. The van der Waals surface area contributed by atoms with Crippen LogP contribution in [0.5, 0.6) is 0 Å². The van der Waals surface area contributed by atoms with Crippen LogP contribution in [0.25, 0.3) is 6.08 Å². The molecule has 0 atom stereocenters. The SMILES string of the molecule is O=C1NC(=O)N(c2ccccc2)C(=O)C1=Cc1cc([N+](=O)[O-])ccc1N1CCCC1. The number of nitrogens with one attached hydrogen (secondary N) is 1. The average Bonchev–Trinajstić information content (AvgIpc) is 3.26. The first kappa shape index (κ1) is 19.3. The minimum absolute atomic E-state index is 0.149. The smallest absolute Gasteiger partial charge is 0.335 e. The van der Waals surface area contributed by atoms with Crippen molar-refractivity contribution >= 4 is 41.0 Å². The average molecular weight is 406 g/mol. The number of nitro groups is 1. The fraction of sp³-hybridized carbons (Fsp3) is 0.190. The maximum absolute atomic E-state index is 13.0. The van der Waals surface area contributed by atoms with Crippen molar-refractivity contribution in [3.05, 3.63) is 69.8 Å². The van der Waals surface area contributed by atoms with Crippen LogP contribution in [-0.4, -0.2) is 35.9 Å². The third-order valence-corrected chi connectivity index (χ3v) is 5.08. The second kappa shape index (κ2) is 7.78. The number of rotatable bonds is 4. The number of amides is 4. The van der Waals surface area contributed by atoms with Gasteiger partial charge in [0.05, 0.1) is 10.6 Å². The lowest BCUT2D eigenvalue weighted by Crippen LogP contribution is -2.54. The summed E-state index contributed by atoms with van der Waals surface area (Å²) < 4.78 is 0. The summed E-state index contributed by atoms with van der Waals surface area (Å²) in [5.41, 5.74) is 0.988. The van der Waals surface area contributed by atoms with E-state index in [2.05, 4.69) is 10.2 Å². The molecule has 9 heteroatoms. The number of imide groups is 2. The molecule has 0 bridgehead atoms. The second-order valence-corrected chi connectivity index (χ2v) is 6.99.